The molecule has 0 aliphatic carbocycles. The maximum absolute atomic E-state index is 12.5. The third-order valence-corrected chi connectivity index (χ3v) is 6.94. The zero-order chi connectivity index (χ0) is 17.0. The SMILES string of the molecule is CCC(CC)[C@@H]1C[C@H](NC(=O)N2CCS(=O)(=O)C[C@H]2C)CCO1. The molecule has 3 atom stereocenters. The van der Waals surface area contributed by atoms with Gasteiger partial charge in [0.2, 0.25) is 0 Å². The van der Waals surface area contributed by atoms with Gasteiger partial charge in [-0.25, -0.2) is 13.2 Å². The van der Waals surface area contributed by atoms with E-state index >= 15 is 0 Å². The van der Waals surface area contributed by atoms with E-state index in [1.165, 1.54) is 0 Å². The number of ether oxygens (including phenoxy) is 1. The van der Waals surface area contributed by atoms with Crippen LogP contribution in [0.1, 0.15) is 46.5 Å². The number of hydrogen-bond donors (Lipinski definition) is 1. The fourth-order valence-corrected chi connectivity index (χ4v) is 5.22. The minimum absolute atomic E-state index is 0.0601. The second-order valence-corrected chi connectivity index (χ2v) is 9.04. The van der Waals surface area contributed by atoms with Crippen LogP contribution in [0.5, 0.6) is 0 Å². The van der Waals surface area contributed by atoms with E-state index < -0.39 is 9.84 Å². The zero-order valence-corrected chi connectivity index (χ0v) is 15.3. The Morgan fingerprint density at radius 1 is 1.35 bits per heavy atom. The van der Waals surface area contributed by atoms with Gasteiger partial charge < -0.3 is 15.0 Å². The quantitative estimate of drug-likeness (QED) is 0.842. The summed E-state index contributed by atoms with van der Waals surface area (Å²) in [6, 6.07) is -0.279. The average Bonchev–Trinajstić information content (AvgIpc) is 2.47. The third-order valence-electron chi connectivity index (χ3n) is 5.15. The summed E-state index contributed by atoms with van der Waals surface area (Å²) in [5, 5.41) is 3.09. The van der Waals surface area contributed by atoms with E-state index in [2.05, 4.69) is 19.2 Å². The van der Waals surface area contributed by atoms with E-state index in [1.54, 1.807) is 11.8 Å². The van der Waals surface area contributed by atoms with Crippen LogP contribution in [-0.4, -0.2) is 62.2 Å². The Morgan fingerprint density at radius 3 is 2.65 bits per heavy atom. The Bertz CT molecular complexity index is 504. The van der Waals surface area contributed by atoms with Crippen molar-refractivity contribution in [2.45, 2.75) is 64.6 Å². The highest BCUT2D eigenvalue weighted by Gasteiger charge is 2.34. The van der Waals surface area contributed by atoms with Crippen LogP contribution in [-0.2, 0) is 14.6 Å². The lowest BCUT2D eigenvalue weighted by atomic mass is 9.89. The second kappa shape index (κ2) is 7.83. The summed E-state index contributed by atoms with van der Waals surface area (Å²) >= 11 is 0. The van der Waals surface area contributed by atoms with E-state index in [1.807, 2.05) is 0 Å². The van der Waals surface area contributed by atoms with E-state index in [0.29, 0.717) is 12.5 Å². The smallest absolute Gasteiger partial charge is 0.317 e. The fourth-order valence-electron chi connectivity index (χ4n) is 3.66. The number of carbonyl (C=O) groups is 1. The molecule has 2 fully saturated rings. The van der Waals surface area contributed by atoms with Crippen molar-refractivity contribution >= 4 is 15.9 Å². The molecule has 0 spiro atoms. The van der Waals surface area contributed by atoms with Crippen molar-refractivity contribution in [3.63, 3.8) is 0 Å². The summed E-state index contributed by atoms with van der Waals surface area (Å²) in [4.78, 5) is 14.1. The largest absolute Gasteiger partial charge is 0.378 e. The van der Waals surface area contributed by atoms with Gasteiger partial charge in [0.15, 0.2) is 9.84 Å². The highest BCUT2D eigenvalue weighted by Crippen LogP contribution is 2.25. The van der Waals surface area contributed by atoms with Gasteiger partial charge in [0.05, 0.1) is 17.6 Å². The van der Waals surface area contributed by atoms with Crippen LogP contribution < -0.4 is 5.32 Å². The maximum Gasteiger partial charge on any atom is 0.317 e. The molecule has 134 valence electrons. The number of nitrogens with one attached hydrogen (secondary N) is 1. The van der Waals surface area contributed by atoms with Gasteiger partial charge in [-0.1, -0.05) is 26.7 Å². The van der Waals surface area contributed by atoms with E-state index in [4.69, 9.17) is 4.74 Å². The molecule has 2 saturated heterocycles. The zero-order valence-electron chi connectivity index (χ0n) is 14.5. The first-order valence-electron chi connectivity index (χ1n) is 8.75. The van der Waals surface area contributed by atoms with Gasteiger partial charge in [0, 0.05) is 25.2 Å². The summed E-state index contributed by atoms with van der Waals surface area (Å²) < 4.78 is 29.1. The van der Waals surface area contributed by atoms with E-state index in [0.717, 1.165) is 25.7 Å². The molecule has 23 heavy (non-hydrogen) atoms. The van der Waals surface area contributed by atoms with Gasteiger partial charge in [-0.05, 0) is 25.7 Å². The Morgan fingerprint density at radius 2 is 2.04 bits per heavy atom. The summed E-state index contributed by atoms with van der Waals surface area (Å²) in [7, 11) is -3.00. The monoisotopic (exact) mass is 346 g/mol. The number of amides is 2. The van der Waals surface area contributed by atoms with Crippen LogP contribution in [0.25, 0.3) is 0 Å². The molecule has 0 aromatic heterocycles. The Balaban J connectivity index is 1.90. The number of sulfone groups is 1. The second-order valence-electron chi connectivity index (χ2n) is 6.81. The lowest BCUT2D eigenvalue weighted by Gasteiger charge is -2.37. The molecular weight excluding hydrogens is 316 g/mol. The molecule has 6 nitrogen and oxygen atoms in total. The average molecular weight is 346 g/mol. The molecule has 2 aliphatic rings. The molecule has 0 radical (unpaired) electrons. The normalized spacial score (nSPS) is 31.1. The lowest BCUT2D eigenvalue weighted by Crippen LogP contribution is -2.56. The molecular formula is C16H30N2O4S. The molecule has 2 aliphatic heterocycles. The number of hydrogen-bond acceptors (Lipinski definition) is 4. The summed E-state index contributed by atoms with van der Waals surface area (Å²) in [5.74, 6) is 0.660. The Kier molecular flexibility index (Phi) is 6.31. The van der Waals surface area contributed by atoms with E-state index in [9.17, 15) is 13.2 Å². The van der Waals surface area contributed by atoms with Crippen LogP contribution in [0.3, 0.4) is 0 Å². The van der Waals surface area contributed by atoms with Crippen LogP contribution in [0.15, 0.2) is 0 Å². The molecule has 0 aromatic rings. The summed E-state index contributed by atoms with van der Waals surface area (Å²) in [5.41, 5.74) is 0. The first kappa shape index (κ1) is 18.5. The van der Waals surface area contributed by atoms with Gasteiger partial charge in [0.1, 0.15) is 0 Å². The number of urea groups is 1. The van der Waals surface area contributed by atoms with E-state index in [-0.39, 0.29) is 42.3 Å². The predicted octanol–water partition coefficient (Wildman–Crippen LogP) is 1.80. The summed E-state index contributed by atoms with van der Waals surface area (Å²) in [6.45, 7) is 7.11. The van der Waals surface area contributed by atoms with Gasteiger partial charge in [-0.2, -0.15) is 0 Å². The molecule has 7 heteroatoms. The molecule has 2 heterocycles. The third kappa shape index (κ3) is 4.83. The molecule has 1 N–H and O–H groups in total. The van der Waals surface area contributed by atoms with Gasteiger partial charge in [-0.15, -0.1) is 0 Å². The van der Waals surface area contributed by atoms with Gasteiger partial charge in [-0.3, -0.25) is 0 Å². The molecule has 0 saturated carbocycles. The van der Waals surface area contributed by atoms with Crippen LogP contribution in [0, 0.1) is 5.92 Å². The van der Waals surface area contributed by atoms with Crippen LogP contribution >= 0.6 is 0 Å². The molecule has 2 amide bonds. The van der Waals surface area contributed by atoms with Crippen molar-refractivity contribution in [2.24, 2.45) is 5.92 Å². The summed E-state index contributed by atoms with van der Waals surface area (Å²) in [6.07, 6.45) is 4.05. The number of carbonyl (C=O) groups excluding carboxylic acids is 1. The molecule has 0 unspecified atom stereocenters. The van der Waals surface area contributed by atoms with Crippen molar-refractivity contribution < 1.29 is 17.9 Å². The maximum atomic E-state index is 12.5. The number of rotatable bonds is 4. The van der Waals surface area contributed by atoms with Crippen molar-refractivity contribution in [1.29, 1.82) is 0 Å². The molecule has 2 rings (SSSR count). The Hall–Kier alpha value is -0.820. The first-order valence-corrected chi connectivity index (χ1v) is 10.6. The van der Waals surface area contributed by atoms with Crippen molar-refractivity contribution in [3.05, 3.63) is 0 Å². The Labute approximate surface area is 139 Å². The molecule has 0 aromatic carbocycles. The fraction of sp³-hybridized carbons (Fsp3) is 0.938. The highest BCUT2D eigenvalue weighted by atomic mass is 32.2. The van der Waals surface area contributed by atoms with Gasteiger partial charge in [0.25, 0.3) is 0 Å². The highest BCUT2D eigenvalue weighted by molar-refractivity contribution is 7.91. The standard InChI is InChI=1S/C16H30N2O4S/c1-4-13(5-2)15-10-14(6-8-22-15)17-16(19)18-7-9-23(20,21)11-12(18)3/h12-15H,4-11H2,1-3H3,(H,17,19)/t12-,14-,15+/m1/s1. The number of nitrogens with zero attached hydrogens (tertiary/aromatic N) is 1. The van der Waals surface area contributed by atoms with Crippen LogP contribution in [0.2, 0.25) is 0 Å². The topological polar surface area (TPSA) is 75.7 Å². The first-order chi connectivity index (χ1) is 10.9. The molecule has 0 bridgehead atoms. The van der Waals surface area contributed by atoms with Gasteiger partial charge >= 0.3 is 6.03 Å². The van der Waals surface area contributed by atoms with Crippen molar-refractivity contribution in [2.75, 3.05) is 24.7 Å². The van der Waals surface area contributed by atoms with Crippen LogP contribution in [0.4, 0.5) is 4.79 Å². The predicted molar refractivity (Wildman–Crippen MR) is 90.2 cm³/mol. The lowest BCUT2D eigenvalue weighted by molar-refractivity contribution is -0.0337. The minimum Gasteiger partial charge on any atom is -0.378 e. The van der Waals surface area contributed by atoms with Crippen molar-refractivity contribution in [1.82, 2.24) is 10.2 Å². The van der Waals surface area contributed by atoms with Crippen molar-refractivity contribution in [3.8, 4) is 0 Å². The minimum atomic E-state index is -3.00.